The smallest absolute Gasteiger partial charge is 0.0830 e. The van der Waals surface area contributed by atoms with Crippen molar-refractivity contribution in [2.45, 2.75) is 18.7 Å². The minimum Gasteiger partial charge on any atom is -0.390 e. The molecule has 2 aromatic rings. The number of aromatic nitrogens is 1. The van der Waals surface area contributed by atoms with E-state index in [0.29, 0.717) is 6.54 Å². The molecule has 1 fully saturated rings. The van der Waals surface area contributed by atoms with Crippen molar-refractivity contribution in [3.63, 3.8) is 0 Å². The maximum atomic E-state index is 9.69. The minimum atomic E-state index is -0.389. The number of rotatable bonds is 2. The second-order valence-corrected chi connectivity index (χ2v) is 5.20. The molecule has 1 aromatic carbocycles. The first-order chi connectivity index (χ1) is 8.65. The molecule has 0 bridgehead atoms. The summed E-state index contributed by atoms with van der Waals surface area (Å²) in [5.41, 5.74) is 8.39. The summed E-state index contributed by atoms with van der Waals surface area (Å²) in [7, 11) is 2.06. The molecule has 1 aliphatic heterocycles. The summed E-state index contributed by atoms with van der Waals surface area (Å²) in [4.78, 5) is 2.22. The Balaban J connectivity index is 0.000001000. The zero-order chi connectivity index (χ0) is 12.7. The number of hydrogen-bond donors (Lipinski definition) is 2. The zero-order valence-corrected chi connectivity index (χ0v) is 13.0. The summed E-state index contributed by atoms with van der Waals surface area (Å²) >= 11 is 0. The molecular formula is C14H21Cl2N3O. The van der Waals surface area contributed by atoms with Gasteiger partial charge < -0.3 is 15.4 Å². The molecule has 1 aliphatic rings. The average molecular weight is 318 g/mol. The molecule has 3 rings (SSSR count). The molecule has 0 aliphatic carbocycles. The summed E-state index contributed by atoms with van der Waals surface area (Å²) in [5, 5.41) is 11.0. The topological polar surface area (TPSA) is 54.4 Å². The molecule has 20 heavy (non-hydrogen) atoms. The van der Waals surface area contributed by atoms with Gasteiger partial charge in [-0.05, 0) is 17.7 Å². The van der Waals surface area contributed by atoms with E-state index in [-0.39, 0.29) is 37.0 Å². The van der Waals surface area contributed by atoms with E-state index in [4.69, 9.17) is 5.73 Å². The van der Waals surface area contributed by atoms with Crippen molar-refractivity contribution in [3.8, 4) is 0 Å². The molecule has 4 nitrogen and oxygen atoms in total. The molecule has 0 unspecified atom stereocenters. The fraction of sp³-hybridized carbons (Fsp3) is 0.429. The van der Waals surface area contributed by atoms with Crippen molar-refractivity contribution in [1.29, 1.82) is 0 Å². The maximum absolute atomic E-state index is 9.69. The largest absolute Gasteiger partial charge is 0.390 e. The number of β-amino-alcohol motifs (C(OH)–C–C–N with tert-alkyl or cyclic N) is 1. The lowest BCUT2D eigenvalue weighted by Gasteiger charge is -2.15. The SMILES string of the molecule is Cl.Cl.Cn1ccc2c(CN3C[C@@H](N)[C@H](O)C3)cccc21. The Bertz CT molecular complexity index is 563. The van der Waals surface area contributed by atoms with Gasteiger partial charge >= 0.3 is 0 Å². The summed E-state index contributed by atoms with van der Waals surface area (Å²) in [6.07, 6.45) is 1.69. The Kier molecular flexibility index (Phi) is 5.86. The van der Waals surface area contributed by atoms with Gasteiger partial charge in [0.05, 0.1) is 6.10 Å². The summed E-state index contributed by atoms with van der Waals surface area (Å²) in [6.45, 7) is 2.29. The molecule has 6 heteroatoms. The molecule has 2 heterocycles. The van der Waals surface area contributed by atoms with Crippen molar-refractivity contribution in [3.05, 3.63) is 36.0 Å². The molecule has 1 saturated heterocycles. The third kappa shape index (κ3) is 3.10. The number of halogens is 2. The number of aliphatic hydroxyl groups is 1. The van der Waals surface area contributed by atoms with Crippen molar-refractivity contribution >= 4 is 35.7 Å². The fourth-order valence-corrected chi connectivity index (χ4v) is 2.77. The van der Waals surface area contributed by atoms with Crippen LogP contribution < -0.4 is 5.73 Å². The Hall–Kier alpha value is -0.780. The standard InChI is InChI=1S/C14H19N3O.2ClH/c1-16-6-5-11-10(3-2-4-13(11)16)7-17-8-12(15)14(18)9-17;;/h2-6,12,14,18H,7-9,15H2,1H3;2*1H/t12-,14-;;/m1../s1. The number of hydrogen-bond acceptors (Lipinski definition) is 3. The summed E-state index contributed by atoms with van der Waals surface area (Å²) in [6, 6.07) is 8.41. The third-order valence-corrected chi connectivity index (χ3v) is 3.82. The van der Waals surface area contributed by atoms with Crippen LogP contribution in [0, 0.1) is 0 Å². The van der Waals surface area contributed by atoms with Crippen molar-refractivity contribution in [2.75, 3.05) is 13.1 Å². The van der Waals surface area contributed by atoms with Gasteiger partial charge in [0.2, 0.25) is 0 Å². The van der Waals surface area contributed by atoms with Gasteiger partial charge in [-0.15, -0.1) is 24.8 Å². The number of nitrogens with two attached hydrogens (primary N) is 1. The van der Waals surface area contributed by atoms with E-state index in [1.165, 1.54) is 16.5 Å². The van der Waals surface area contributed by atoms with Crippen molar-refractivity contribution in [2.24, 2.45) is 12.8 Å². The normalized spacial score (nSPS) is 22.6. The Labute approximate surface area is 131 Å². The van der Waals surface area contributed by atoms with Crippen LogP contribution in [0.3, 0.4) is 0 Å². The molecule has 0 saturated carbocycles. The number of fused-ring (bicyclic) bond motifs is 1. The van der Waals surface area contributed by atoms with Crippen molar-refractivity contribution in [1.82, 2.24) is 9.47 Å². The first-order valence-electron chi connectivity index (χ1n) is 6.34. The monoisotopic (exact) mass is 317 g/mol. The van der Waals surface area contributed by atoms with Gasteiger partial charge in [0.1, 0.15) is 0 Å². The van der Waals surface area contributed by atoms with E-state index in [0.717, 1.165) is 13.1 Å². The predicted molar refractivity (Wildman–Crippen MR) is 86.7 cm³/mol. The lowest BCUT2D eigenvalue weighted by atomic mass is 10.1. The Morgan fingerprint density at radius 2 is 2.00 bits per heavy atom. The van der Waals surface area contributed by atoms with Crippen LogP contribution in [-0.4, -0.2) is 39.8 Å². The number of likely N-dealkylation sites (tertiary alicyclic amines) is 1. The van der Waals surface area contributed by atoms with Crippen LogP contribution >= 0.6 is 24.8 Å². The minimum absolute atomic E-state index is 0. The Morgan fingerprint density at radius 3 is 2.65 bits per heavy atom. The molecule has 2 atom stereocenters. The van der Waals surface area contributed by atoms with E-state index >= 15 is 0 Å². The van der Waals surface area contributed by atoms with Crippen LogP contribution in [0.1, 0.15) is 5.56 Å². The van der Waals surface area contributed by atoms with E-state index in [1.807, 2.05) is 0 Å². The van der Waals surface area contributed by atoms with Crippen LogP contribution in [0.4, 0.5) is 0 Å². The second-order valence-electron chi connectivity index (χ2n) is 5.20. The van der Waals surface area contributed by atoms with Crippen LogP contribution in [-0.2, 0) is 13.6 Å². The third-order valence-electron chi connectivity index (χ3n) is 3.82. The molecular weight excluding hydrogens is 297 g/mol. The maximum Gasteiger partial charge on any atom is 0.0830 e. The van der Waals surface area contributed by atoms with Gasteiger partial charge in [0.15, 0.2) is 0 Å². The van der Waals surface area contributed by atoms with Gasteiger partial charge in [-0.2, -0.15) is 0 Å². The first kappa shape index (κ1) is 17.3. The van der Waals surface area contributed by atoms with Crippen LogP contribution in [0.2, 0.25) is 0 Å². The van der Waals surface area contributed by atoms with Crippen molar-refractivity contribution < 1.29 is 5.11 Å². The predicted octanol–water partition coefficient (Wildman–Crippen LogP) is 1.53. The average Bonchev–Trinajstić information content (AvgIpc) is 2.86. The van der Waals surface area contributed by atoms with E-state index in [9.17, 15) is 5.11 Å². The highest BCUT2D eigenvalue weighted by Crippen LogP contribution is 2.22. The summed E-state index contributed by atoms with van der Waals surface area (Å²) in [5.74, 6) is 0. The van der Waals surface area contributed by atoms with Crippen LogP contribution in [0.25, 0.3) is 10.9 Å². The second kappa shape index (κ2) is 6.78. The molecule has 112 valence electrons. The lowest BCUT2D eigenvalue weighted by Crippen LogP contribution is -2.32. The highest BCUT2D eigenvalue weighted by Gasteiger charge is 2.28. The van der Waals surface area contributed by atoms with Gasteiger partial charge in [0.25, 0.3) is 0 Å². The molecule has 3 N–H and O–H groups in total. The van der Waals surface area contributed by atoms with Gasteiger partial charge in [-0.1, -0.05) is 12.1 Å². The van der Waals surface area contributed by atoms with Crippen LogP contribution in [0.15, 0.2) is 30.5 Å². The number of aryl methyl sites for hydroxylation is 1. The number of benzene rings is 1. The molecule has 0 radical (unpaired) electrons. The number of nitrogens with zero attached hydrogens (tertiary/aromatic N) is 2. The van der Waals surface area contributed by atoms with Gasteiger partial charge in [-0.25, -0.2) is 0 Å². The zero-order valence-electron chi connectivity index (χ0n) is 11.4. The number of aliphatic hydroxyl groups excluding tert-OH is 1. The fourth-order valence-electron chi connectivity index (χ4n) is 2.77. The van der Waals surface area contributed by atoms with E-state index in [2.05, 4.69) is 47.0 Å². The van der Waals surface area contributed by atoms with Gasteiger partial charge in [0, 0.05) is 49.8 Å². The quantitative estimate of drug-likeness (QED) is 0.883. The molecule has 0 amide bonds. The van der Waals surface area contributed by atoms with Gasteiger partial charge in [-0.3, -0.25) is 4.90 Å². The lowest BCUT2D eigenvalue weighted by molar-refractivity contribution is 0.164. The van der Waals surface area contributed by atoms with E-state index < -0.39 is 0 Å². The highest BCUT2D eigenvalue weighted by atomic mass is 35.5. The Morgan fingerprint density at radius 1 is 1.25 bits per heavy atom. The van der Waals surface area contributed by atoms with Crippen LogP contribution in [0.5, 0.6) is 0 Å². The highest BCUT2D eigenvalue weighted by molar-refractivity contribution is 5.85. The van der Waals surface area contributed by atoms with E-state index in [1.54, 1.807) is 0 Å². The molecule has 0 spiro atoms. The molecule has 1 aromatic heterocycles. The first-order valence-corrected chi connectivity index (χ1v) is 6.34. The summed E-state index contributed by atoms with van der Waals surface area (Å²) < 4.78 is 2.13.